The maximum Gasteiger partial charge on any atom is 0.279 e. The van der Waals surface area contributed by atoms with Gasteiger partial charge < -0.3 is 5.11 Å². The smallest absolute Gasteiger partial charge is 0.279 e. The van der Waals surface area contributed by atoms with Gasteiger partial charge in [0.15, 0.2) is 4.80 Å². The first kappa shape index (κ1) is 19.8. The van der Waals surface area contributed by atoms with Crippen molar-refractivity contribution in [3.63, 3.8) is 0 Å². The van der Waals surface area contributed by atoms with E-state index in [1.165, 1.54) is 29.1 Å². The van der Waals surface area contributed by atoms with E-state index in [-0.39, 0.29) is 17.8 Å². The Morgan fingerprint density at radius 1 is 1.27 bits per heavy atom. The maximum absolute atomic E-state index is 12.8. The molecule has 3 aromatic rings. The van der Waals surface area contributed by atoms with Crippen LogP contribution in [0.25, 0.3) is 5.57 Å². The van der Waals surface area contributed by atoms with Gasteiger partial charge in [0.05, 0.1) is 16.6 Å². The monoisotopic (exact) mass is 502 g/mol. The summed E-state index contributed by atoms with van der Waals surface area (Å²) in [7, 11) is 0. The number of nitrogens with zero attached hydrogens (tertiary/aromatic N) is 4. The van der Waals surface area contributed by atoms with Crippen LogP contribution in [0.4, 0.5) is 5.13 Å². The third-order valence-corrected chi connectivity index (χ3v) is 7.87. The fourth-order valence-electron chi connectivity index (χ4n) is 4.07. The van der Waals surface area contributed by atoms with E-state index in [1.807, 2.05) is 35.1 Å². The quantitative estimate of drug-likeness (QED) is 0.589. The van der Waals surface area contributed by atoms with E-state index in [1.54, 1.807) is 0 Å². The van der Waals surface area contributed by atoms with E-state index in [9.17, 15) is 9.90 Å². The number of carbonyl (C=O) groups excluding carboxylic acids is 1. The zero-order valence-corrected chi connectivity index (χ0v) is 19.5. The lowest BCUT2D eigenvalue weighted by molar-refractivity contribution is -0.112. The fourth-order valence-corrected chi connectivity index (χ4v) is 6.30. The summed E-state index contributed by atoms with van der Waals surface area (Å²) in [6.07, 6.45) is 5.44. The first-order chi connectivity index (χ1) is 14.5. The Morgan fingerprint density at radius 3 is 2.80 bits per heavy atom. The predicted molar refractivity (Wildman–Crippen MR) is 121 cm³/mol. The third kappa shape index (κ3) is 3.48. The standard InChI is InChI=1S/C21H19BrN4O2S2/c1-11-10-29-20(23-11)25-21-26(13-5-3-2-4-6-13)19(28)17(30-21)16-14-9-12(22)7-8-15(14)24-18(16)27/h7-10,13,28H,2-6H2,1H3/b25-21+. The second kappa shape index (κ2) is 7.86. The van der Waals surface area contributed by atoms with Crippen molar-refractivity contribution in [2.45, 2.75) is 45.1 Å². The molecule has 2 aliphatic rings. The minimum atomic E-state index is -0.327. The van der Waals surface area contributed by atoms with Gasteiger partial charge in [-0.15, -0.1) is 11.3 Å². The van der Waals surface area contributed by atoms with E-state index in [0.29, 0.717) is 25.7 Å². The Kier molecular flexibility index (Phi) is 5.20. The van der Waals surface area contributed by atoms with Gasteiger partial charge in [0.1, 0.15) is 4.88 Å². The van der Waals surface area contributed by atoms with Gasteiger partial charge in [-0.2, -0.15) is 4.99 Å². The molecule has 0 saturated heterocycles. The number of thiazole rings is 2. The van der Waals surface area contributed by atoms with E-state index in [0.717, 1.165) is 41.1 Å². The van der Waals surface area contributed by atoms with Gasteiger partial charge in [0.2, 0.25) is 11.0 Å². The number of amides is 1. The lowest BCUT2D eigenvalue weighted by Crippen LogP contribution is -2.23. The van der Waals surface area contributed by atoms with Crippen LogP contribution in [0, 0.1) is 6.92 Å². The number of carbonyl (C=O) groups is 1. The highest BCUT2D eigenvalue weighted by Crippen LogP contribution is 2.36. The van der Waals surface area contributed by atoms with Crippen LogP contribution in [0.15, 0.2) is 38.0 Å². The summed E-state index contributed by atoms with van der Waals surface area (Å²) in [5, 5.41) is 15.3. The number of aromatic hydroxyl groups is 1. The van der Waals surface area contributed by atoms with Crippen molar-refractivity contribution in [3.8, 4) is 5.88 Å². The van der Waals surface area contributed by atoms with Crippen molar-refractivity contribution < 1.29 is 9.90 Å². The predicted octanol–water partition coefficient (Wildman–Crippen LogP) is 3.88. The summed E-state index contributed by atoms with van der Waals surface area (Å²) in [5.74, 6) is -0.225. The van der Waals surface area contributed by atoms with Crippen LogP contribution in [0.5, 0.6) is 5.88 Å². The number of hydrogen-bond acceptors (Lipinski definition) is 6. The molecule has 1 aromatic carbocycles. The minimum Gasteiger partial charge on any atom is -0.493 e. The van der Waals surface area contributed by atoms with E-state index in [2.05, 4.69) is 25.9 Å². The molecule has 0 unspecified atom stereocenters. The number of hydrogen-bond donors (Lipinski definition) is 1. The molecular formula is C21H19BrN4O2S2. The second-order valence-corrected chi connectivity index (χ2v) is 10.3. The summed E-state index contributed by atoms with van der Waals surface area (Å²) in [4.78, 5) is 27.4. The Bertz CT molecular complexity index is 1350. The molecule has 3 heterocycles. The average molecular weight is 503 g/mol. The van der Waals surface area contributed by atoms with E-state index < -0.39 is 0 Å². The normalized spacial score (nSPS) is 17.5. The highest BCUT2D eigenvalue weighted by atomic mass is 79.9. The van der Waals surface area contributed by atoms with E-state index >= 15 is 0 Å². The Balaban J connectivity index is 1.77. The molecule has 0 bridgehead atoms. The molecule has 1 amide bonds. The van der Waals surface area contributed by atoms with Gasteiger partial charge in [0, 0.05) is 21.1 Å². The summed E-state index contributed by atoms with van der Waals surface area (Å²) in [6.45, 7) is 1.94. The lowest BCUT2D eigenvalue weighted by atomic mass is 9.95. The summed E-state index contributed by atoms with van der Waals surface area (Å²) in [6, 6.07) is 5.72. The molecule has 1 N–H and O–H groups in total. The van der Waals surface area contributed by atoms with Crippen molar-refractivity contribution in [1.29, 1.82) is 0 Å². The Hall–Kier alpha value is -2.10. The van der Waals surface area contributed by atoms with Crippen LogP contribution in [0.2, 0.25) is 0 Å². The fraction of sp³-hybridized carbons (Fsp3) is 0.333. The van der Waals surface area contributed by atoms with Crippen molar-refractivity contribution >= 4 is 55.2 Å². The van der Waals surface area contributed by atoms with Gasteiger partial charge in [-0.1, -0.05) is 46.5 Å². The summed E-state index contributed by atoms with van der Waals surface area (Å²) in [5.41, 5.74) is 1.36. The molecule has 6 nitrogen and oxygen atoms in total. The number of benzene rings is 1. The summed E-state index contributed by atoms with van der Waals surface area (Å²) < 4.78 is 2.77. The van der Waals surface area contributed by atoms with Gasteiger partial charge in [-0.05, 0) is 38.0 Å². The number of halogens is 1. The first-order valence-electron chi connectivity index (χ1n) is 9.86. The highest BCUT2D eigenvalue weighted by Gasteiger charge is 2.29. The van der Waals surface area contributed by atoms with Crippen molar-refractivity contribution in [2.75, 3.05) is 0 Å². The molecule has 1 saturated carbocycles. The molecular weight excluding hydrogens is 484 g/mol. The van der Waals surface area contributed by atoms with Crippen molar-refractivity contribution in [1.82, 2.24) is 9.55 Å². The molecule has 1 aliphatic carbocycles. The zero-order valence-electron chi connectivity index (χ0n) is 16.3. The lowest BCUT2D eigenvalue weighted by Gasteiger charge is -2.23. The van der Waals surface area contributed by atoms with Crippen LogP contribution in [0.3, 0.4) is 0 Å². The number of aromatic nitrogens is 2. The average Bonchev–Trinajstić information content (AvgIpc) is 3.37. The molecule has 5 rings (SSSR count). The van der Waals surface area contributed by atoms with Crippen LogP contribution >= 0.6 is 38.6 Å². The molecule has 0 atom stereocenters. The number of aryl methyl sites for hydroxylation is 1. The zero-order chi connectivity index (χ0) is 20.8. The highest BCUT2D eigenvalue weighted by molar-refractivity contribution is 9.10. The van der Waals surface area contributed by atoms with Crippen LogP contribution in [-0.4, -0.2) is 20.6 Å². The van der Waals surface area contributed by atoms with Crippen molar-refractivity contribution in [2.24, 2.45) is 9.98 Å². The molecule has 2 aromatic heterocycles. The van der Waals surface area contributed by atoms with Gasteiger partial charge in [-0.3, -0.25) is 9.36 Å². The van der Waals surface area contributed by atoms with Crippen LogP contribution in [-0.2, 0) is 4.79 Å². The van der Waals surface area contributed by atoms with Gasteiger partial charge in [-0.25, -0.2) is 9.98 Å². The van der Waals surface area contributed by atoms with Crippen LogP contribution in [0.1, 0.15) is 48.7 Å². The first-order valence-corrected chi connectivity index (χ1v) is 12.3. The van der Waals surface area contributed by atoms with Crippen molar-refractivity contribution in [3.05, 3.63) is 54.0 Å². The summed E-state index contributed by atoms with van der Waals surface area (Å²) >= 11 is 6.28. The Morgan fingerprint density at radius 2 is 2.07 bits per heavy atom. The van der Waals surface area contributed by atoms with Gasteiger partial charge >= 0.3 is 0 Å². The van der Waals surface area contributed by atoms with Gasteiger partial charge in [0.25, 0.3) is 5.91 Å². The minimum absolute atomic E-state index is 0.102. The molecule has 0 spiro atoms. The van der Waals surface area contributed by atoms with E-state index in [4.69, 9.17) is 4.99 Å². The maximum atomic E-state index is 12.8. The molecule has 1 fully saturated rings. The second-order valence-electron chi connectivity index (χ2n) is 7.54. The number of fused-ring (bicyclic) bond motifs is 1. The van der Waals surface area contributed by atoms with Crippen LogP contribution < -0.4 is 15.4 Å². The molecule has 30 heavy (non-hydrogen) atoms. The molecule has 1 aliphatic heterocycles. The third-order valence-electron chi connectivity index (χ3n) is 5.46. The molecule has 154 valence electrons. The SMILES string of the molecule is Cc1csc(/N=c2/sc(C3=c4cc(Br)ccc4=NC3=O)c(O)n2C2CCCCC2)n1. The molecule has 9 heteroatoms. The largest absolute Gasteiger partial charge is 0.493 e. The number of rotatable bonds is 3. The Labute approximate surface area is 189 Å². The molecule has 0 radical (unpaired) electrons. The topological polar surface area (TPSA) is 79.8 Å².